The van der Waals surface area contributed by atoms with E-state index >= 15 is 0 Å². The molecule has 0 bridgehead atoms. The van der Waals surface area contributed by atoms with Gasteiger partial charge in [-0.3, -0.25) is 4.90 Å². The predicted octanol–water partition coefficient (Wildman–Crippen LogP) is 6.64. The number of methoxy groups -OCH3 is 1. The van der Waals surface area contributed by atoms with Crippen LogP contribution in [0.5, 0.6) is 17.2 Å². The van der Waals surface area contributed by atoms with Crippen LogP contribution in [-0.2, 0) is 12.1 Å². The molecule has 0 atom stereocenters. The fraction of sp³-hybridized carbons (Fsp3) is 0.357. The van der Waals surface area contributed by atoms with Crippen molar-refractivity contribution in [3.63, 3.8) is 0 Å². The molecule has 1 aliphatic heterocycles. The summed E-state index contributed by atoms with van der Waals surface area (Å²) in [7, 11) is 1.59. The first-order valence-corrected chi connectivity index (χ1v) is 12.2. The molecule has 0 aliphatic carbocycles. The Balaban J connectivity index is 1.57. The lowest BCUT2D eigenvalue weighted by atomic mass is 9.72. The molecule has 1 N–H and O–H groups in total. The highest BCUT2D eigenvalue weighted by atomic mass is 19.4. The largest absolute Gasteiger partial charge is 0.573 e. The van der Waals surface area contributed by atoms with Crippen LogP contribution < -0.4 is 14.2 Å². The lowest BCUT2D eigenvalue weighted by Crippen LogP contribution is -2.44. The van der Waals surface area contributed by atoms with Gasteiger partial charge in [0, 0.05) is 6.54 Å². The zero-order valence-electron chi connectivity index (χ0n) is 20.9. The standard InChI is InChI=1S/C28H27F6NO4/c1-37-23-8-2-19(3-9-23)18-35-16-14-22(15-17-35)26(36,20-4-10-24(11-5-20)38-27(29,30)31)21-6-12-25(13-7-21)39-28(32,33)34/h2-13,22,36H,14-18H2,1H3. The number of aliphatic hydroxyl groups is 1. The quantitative estimate of drug-likeness (QED) is 0.316. The Bertz CT molecular complexity index is 1140. The second-order valence-electron chi connectivity index (χ2n) is 9.31. The highest BCUT2D eigenvalue weighted by Gasteiger charge is 2.42. The number of benzene rings is 3. The van der Waals surface area contributed by atoms with Crippen molar-refractivity contribution in [2.45, 2.75) is 37.7 Å². The third-order valence-corrected chi connectivity index (χ3v) is 6.80. The second kappa shape index (κ2) is 11.4. The van der Waals surface area contributed by atoms with Crippen molar-refractivity contribution in [2.24, 2.45) is 5.92 Å². The number of halogens is 6. The zero-order valence-corrected chi connectivity index (χ0v) is 20.9. The van der Waals surface area contributed by atoms with Gasteiger partial charge in [-0.15, -0.1) is 26.3 Å². The molecule has 0 amide bonds. The number of nitrogens with zero attached hydrogens (tertiary/aromatic N) is 1. The second-order valence-corrected chi connectivity index (χ2v) is 9.31. The zero-order chi connectivity index (χ0) is 28.3. The maximum absolute atomic E-state index is 12.6. The van der Waals surface area contributed by atoms with E-state index in [1.54, 1.807) is 7.11 Å². The van der Waals surface area contributed by atoms with Crippen LogP contribution in [0.25, 0.3) is 0 Å². The van der Waals surface area contributed by atoms with E-state index in [-0.39, 0.29) is 5.92 Å². The van der Waals surface area contributed by atoms with Crippen LogP contribution in [0, 0.1) is 5.92 Å². The van der Waals surface area contributed by atoms with Crippen molar-refractivity contribution in [1.29, 1.82) is 0 Å². The van der Waals surface area contributed by atoms with E-state index in [1.165, 1.54) is 24.3 Å². The van der Waals surface area contributed by atoms with Gasteiger partial charge in [-0.05, 0) is 84.9 Å². The molecule has 39 heavy (non-hydrogen) atoms. The Morgan fingerprint density at radius 2 is 1.10 bits per heavy atom. The van der Waals surface area contributed by atoms with Gasteiger partial charge in [0.2, 0.25) is 0 Å². The molecule has 1 heterocycles. The Labute approximate surface area is 221 Å². The third kappa shape index (κ3) is 7.36. The van der Waals surface area contributed by atoms with Gasteiger partial charge in [-0.1, -0.05) is 36.4 Å². The smallest absolute Gasteiger partial charge is 0.497 e. The molecule has 3 aromatic carbocycles. The summed E-state index contributed by atoms with van der Waals surface area (Å²) in [6.07, 6.45) is -8.67. The van der Waals surface area contributed by atoms with E-state index in [9.17, 15) is 31.4 Å². The molecule has 0 spiro atoms. The summed E-state index contributed by atoms with van der Waals surface area (Å²) in [5.41, 5.74) is 0.00923. The van der Waals surface area contributed by atoms with Gasteiger partial charge in [-0.25, -0.2) is 0 Å². The fourth-order valence-corrected chi connectivity index (χ4v) is 4.96. The minimum absolute atomic E-state index is 0.301. The summed E-state index contributed by atoms with van der Waals surface area (Å²) in [6, 6.07) is 17.5. The normalized spacial score (nSPS) is 15.7. The first-order chi connectivity index (χ1) is 18.4. The minimum Gasteiger partial charge on any atom is -0.497 e. The molecule has 0 saturated carbocycles. The summed E-state index contributed by atoms with van der Waals surface area (Å²) < 4.78 is 88.9. The van der Waals surface area contributed by atoms with E-state index < -0.39 is 29.8 Å². The van der Waals surface area contributed by atoms with Gasteiger partial charge in [0.25, 0.3) is 0 Å². The van der Waals surface area contributed by atoms with Crippen molar-refractivity contribution >= 4 is 0 Å². The molecule has 0 radical (unpaired) electrons. The minimum atomic E-state index is -4.87. The average Bonchev–Trinajstić information content (AvgIpc) is 2.88. The lowest BCUT2D eigenvalue weighted by molar-refractivity contribution is -0.275. The molecule has 5 nitrogen and oxygen atoms in total. The van der Waals surface area contributed by atoms with Crippen molar-refractivity contribution in [2.75, 3.05) is 20.2 Å². The summed E-state index contributed by atoms with van der Waals surface area (Å²) in [6.45, 7) is 1.94. The van der Waals surface area contributed by atoms with Crippen molar-refractivity contribution < 1.29 is 45.7 Å². The van der Waals surface area contributed by atoms with E-state index in [4.69, 9.17) is 4.74 Å². The van der Waals surface area contributed by atoms with Gasteiger partial charge in [0.1, 0.15) is 22.8 Å². The highest BCUT2D eigenvalue weighted by Crippen LogP contribution is 2.43. The predicted molar refractivity (Wildman–Crippen MR) is 130 cm³/mol. The van der Waals surface area contributed by atoms with Crippen molar-refractivity contribution in [3.8, 4) is 17.2 Å². The van der Waals surface area contributed by atoms with Crippen LogP contribution in [-0.4, -0.2) is 42.9 Å². The lowest BCUT2D eigenvalue weighted by Gasteiger charge is -2.42. The summed E-state index contributed by atoms with van der Waals surface area (Å²) >= 11 is 0. The van der Waals surface area contributed by atoms with E-state index in [2.05, 4.69) is 14.4 Å². The van der Waals surface area contributed by atoms with E-state index in [0.717, 1.165) is 35.6 Å². The van der Waals surface area contributed by atoms with Gasteiger partial charge in [0.15, 0.2) is 0 Å². The van der Waals surface area contributed by atoms with Crippen LogP contribution in [0.4, 0.5) is 26.3 Å². The molecule has 11 heteroatoms. The summed E-state index contributed by atoms with van der Waals surface area (Å²) in [5.74, 6) is -0.511. The number of ether oxygens (including phenoxy) is 3. The van der Waals surface area contributed by atoms with Gasteiger partial charge >= 0.3 is 12.7 Å². The van der Waals surface area contributed by atoms with Crippen molar-refractivity contribution in [1.82, 2.24) is 4.90 Å². The highest BCUT2D eigenvalue weighted by molar-refractivity contribution is 5.42. The molecular formula is C28H27F6NO4. The molecular weight excluding hydrogens is 528 g/mol. The maximum atomic E-state index is 12.6. The fourth-order valence-electron chi connectivity index (χ4n) is 4.96. The van der Waals surface area contributed by atoms with Gasteiger partial charge in [0.05, 0.1) is 7.11 Å². The Morgan fingerprint density at radius 1 is 0.692 bits per heavy atom. The molecule has 0 unspecified atom stereocenters. The van der Waals surface area contributed by atoms with Crippen LogP contribution in [0.15, 0.2) is 72.8 Å². The van der Waals surface area contributed by atoms with Crippen LogP contribution in [0.2, 0.25) is 0 Å². The maximum Gasteiger partial charge on any atom is 0.573 e. The monoisotopic (exact) mass is 555 g/mol. The first-order valence-electron chi connectivity index (χ1n) is 12.2. The SMILES string of the molecule is COc1ccc(CN2CCC(C(O)(c3ccc(OC(F)(F)F)cc3)c3ccc(OC(F)(F)F)cc3)CC2)cc1. The molecule has 3 aromatic rings. The number of alkyl halides is 6. The first kappa shape index (κ1) is 28.6. The third-order valence-electron chi connectivity index (χ3n) is 6.80. The van der Waals surface area contributed by atoms with E-state index in [0.29, 0.717) is 43.6 Å². The number of rotatable bonds is 8. The topological polar surface area (TPSA) is 51.2 Å². The van der Waals surface area contributed by atoms with E-state index in [1.807, 2.05) is 24.3 Å². The Hall–Kier alpha value is -3.44. The molecule has 1 saturated heterocycles. The molecule has 210 valence electrons. The number of hydrogen-bond acceptors (Lipinski definition) is 5. The van der Waals surface area contributed by atoms with Crippen molar-refractivity contribution in [3.05, 3.63) is 89.5 Å². The molecule has 0 aromatic heterocycles. The number of likely N-dealkylation sites (tertiary alicyclic amines) is 1. The Morgan fingerprint density at radius 3 is 1.49 bits per heavy atom. The summed E-state index contributed by atoms with van der Waals surface area (Å²) in [5, 5.41) is 12.1. The molecule has 1 fully saturated rings. The molecule has 4 rings (SSSR count). The number of hydrogen-bond donors (Lipinski definition) is 1. The number of piperidine rings is 1. The molecule has 1 aliphatic rings. The average molecular weight is 556 g/mol. The van der Waals surface area contributed by atoms with Crippen LogP contribution in [0.3, 0.4) is 0 Å². The van der Waals surface area contributed by atoms with Crippen LogP contribution in [0.1, 0.15) is 29.5 Å². The van der Waals surface area contributed by atoms with Gasteiger partial charge < -0.3 is 19.3 Å². The van der Waals surface area contributed by atoms with Crippen LogP contribution >= 0.6 is 0 Å². The summed E-state index contributed by atoms with van der Waals surface area (Å²) in [4.78, 5) is 2.22. The van der Waals surface area contributed by atoms with Gasteiger partial charge in [-0.2, -0.15) is 0 Å². The Kier molecular flexibility index (Phi) is 8.31.